The zero-order valence-electron chi connectivity index (χ0n) is 11.9. The van der Waals surface area contributed by atoms with Crippen molar-refractivity contribution in [1.82, 2.24) is 4.98 Å². The van der Waals surface area contributed by atoms with Crippen LogP contribution in [0.1, 0.15) is 44.4 Å². The van der Waals surface area contributed by atoms with Gasteiger partial charge in [-0.15, -0.1) is 0 Å². The summed E-state index contributed by atoms with van der Waals surface area (Å²) in [5.74, 6) is 1.11. The number of aryl methyl sites for hydroxylation is 1. The second-order valence-electron chi connectivity index (χ2n) is 6.12. The average Bonchev–Trinajstić information content (AvgIpc) is 2.50. The van der Waals surface area contributed by atoms with E-state index in [-0.39, 0.29) is 0 Å². The number of anilines is 1. The molecule has 1 aromatic rings. The molecule has 2 N–H and O–H groups in total. The molecule has 1 aromatic heterocycles. The van der Waals surface area contributed by atoms with Gasteiger partial charge in [-0.25, -0.2) is 4.98 Å². The molecule has 3 nitrogen and oxygen atoms in total. The molecule has 0 bridgehead atoms. The number of nitrogens with two attached hydrogens (primary N) is 1. The summed E-state index contributed by atoms with van der Waals surface area (Å²) in [6.07, 6.45) is 3.81. The van der Waals surface area contributed by atoms with Crippen LogP contribution in [0.5, 0.6) is 0 Å². The Morgan fingerprint density at radius 2 is 2.06 bits per heavy atom. The van der Waals surface area contributed by atoms with Crippen LogP contribution >= 0.6 is 0 Å². The van der Waals surface area contributed by atoms with E-state index < -0.39 is 0 Å². The predicted molar refractivity (Wildman–Crippen MR) is 76.7 cm³/mol. The Bertz CT molecular complexity index is 412. The van der Waals surface area contributed by atoms with Crippen molar-refractivity contribution in [3.05, 3.63) is 23.4 Å². The van der Waals surface area contributed by atoms with Crippen molar-refractivity contribution in [2.75, 3.05) is 18.0 Å². The summed E-state index contributed by atoms with van der Waals surface area (Å²) in [6, 6.07) is 4.24. The first-order valence-corrected chi connectivity index (χ1v) is 6.93. The molecular weight excluding hydrogens is 222 g/mol. The summed E-state index contributed by atoms with van der Waals surface area (Å²) in [6.45, 7) is 9.60. The van der Waals surface area contributed by atoms with Gasteiger partial charge in [0, 0.05) is 25.3 Å². The normalized spacial score (nSPS) is 19.7. The zero-order chi connectivity index (χ0) is 13.2. The Balaban J connectivity index is 2.14. The van der Waals surface area contributed by atoms with E-state index in [0.29, 0.717) is 12.0 Å². The van der Waals surface area contributed by atoms with Crippen LogP contribution in [0.15, 0.2) is 12.1 Å². The van der Waals surface area contributed by atoms with Crippen LogP contribution < -0.4 is 10.6 Å². The summed E-state index contributed by atoms with van der Waals surface area (Å²) < 4.78 is 0. The maximum atomic E-state index is 5.69. The quantitative estimate of drug-likeness (QED) is 0.873. The van der Waals surface area contributed by atoms with Crippen LogP contribution in [0.25, 0.3) is 0 Å². The van der Waals surface area contributed by atoms with Crippen LogP contribution in [0.2, 0.25) is 0 Å². The topological polar surface area (TPSA) is 42.2 Å². The van der Waals surface area contributed by atoms with Crippen LogP contribution in [0, 0.1) is 12.3 Å². The molecule has 0 aliphatic carbocycles. The number of rotatable bonds is 2. The number of pyridine rings is 1. The first-order valence-electron chi connectivity index (χ1n) is 6.93. The molecule has 1 aliphatic rings. The molecule has 1 aliphatic heterocycles. The monoisotopic (exact) mass is 247 g/mol. The van der Waals surface area contributed by atoms with Crippen molar-refractivity contribution in [1.29, 1.82) is 0 Å². The molecular formula is C15H25N3. The van der Waals surface area contributed by atoms with Crippen LogP contribution in [-0.2, 0) is 6.54 Å². The molecule has 0 amide bonds. The van der Waals surface area contributed by atoms with Gasteiger partial charge >= 0.3 is 0 Å². The van der Waals surface area contributed by atoms with E-state index in [9.17, 15) is 0 Å². The standard InChI is InChI=1S/C15H25N3/c1-12-13(11-16)5-6-14(17-12)18-9-4-7-15(2,3)8-10-18/h5-6H,4,7-11,16H2,1-3H3. The van der Waals surface area contributed by atoms with Crippen LogP contribution in [0.3, 0.4) is 0 Å². The summed E-state index contributed by atoms with van der Waals surface area (Å²) >= 11 is 0. The van der Waals surface area contributed by atoms with Gasteiger partial charge in [0.25, 0.3) is 0 Å². The highest BCUT2D eigenvalue weighted by molar-refractivity contribution is 5.41. The van der Waals surface area contributed by atoms with Crippen molar-refractivity contribution < 1.29 is 0 Å². The molecule has 3 heteroatoms. The Morgan fingerprint density at radius 1 is 1.28 bits per heavy atom. The number of nitrogens with zero attached hydrogens (tertiary/aromatic N) is 2. The van der Waals surface area contributed by atoms with E-state index in [4.69, 9.17) is 10.7 Å². The van der Waals surface area contributed by atoms with E-state index in [0.717, 1.165) is 30.2 Å². The third-order valence-electron chi connectivity index (χ3n) is 4.06. The molecule has 100 valence electrons. The highest BCUT2D eigenvalue weighted by Gasteiger charge is 2.23. The highest BCUT2D eigenvalue weighted by atomic mass is 15.2. The molecule has 0 atom stereocenters. The maximum Gasteiger partial charge on any atom is 0.128 e. The van der Waals surface area contributed by atoms with E-state index in [1.54, 1.807) is 0 Å². The largest absolute Gasteiger partial charge is 0.357 e. The van der Waals surface area contributed by atoms with E-state index in [1.807, 2.05) is 6.92 Å². The lowest BCUT2D eigenvalue weighted by Crippen LogP contribution is -2.26. The molecule has 1 saturated heterocycles. The van der Waals surface area contributed by atoms with Gasteiger partial charge in [0.1, 0.15) is 5.82 Å². The van der Waals surface area contributed by atoms with Gasteiger partial charge in [0.15, 0.2) is 0 Å². The Morgan fingerprint density at radius 3 is 2.72 bits per heavy atom. The molecule has 0 saturated carbocycles. The minimum atomic E-state index is 0.473. The fourth-order valence-electron chi connectivity index (χ4n) is 2.62. The zero-order valence-corrected chi connectivity index (χ0v) is 11.9. The summed E-state index contributed by atoms with van der Waals surface area (Å²) in [5.41, 5.74) is 8.37. The van der Waals surface area contributed by atoms with Crippen molar-refractivity contribution >= 4 is 5.82 Å². The van der Waals surface area contributed by atoms with E-state index in [1.165, 1.54) is 19.3 Å². The number of aromatic nitrogens is 1. The molecule has 0 aromatic carbocycles. The first-order chi connectivity index (χ1) is 8.52. The molecule has 1 fully saturated rings. The highest BCUT2D eigenvalue weighted by Crippen LogP contribution is 2.31. The third kappa shape index (κ3) is 3.02. The van der Waals surface area contributed by atoms with Gasteiger partial charge in [-0.3, -0.25) is 0 Å². The second kappa shape index (κ2) is 5.27. The molecule has 0 radical (unpaired) electrons. The smallest absolute Gasteiger partial charge is 0.128 e. The van der Waals surface area contributed by atoms with E-state index >= 15 is 0 Å². The van der Waals surface area contributed by atoms with Gasteiger partial charge in [-0.2, -0.15) is 0 Å². The lowest BCUT2D eigenvalue weighted by molar-refractivity contribution is 0.325. The van der Waals surface area contributed by atoms with Gasteiger partial charge < -0.3 is 10.6 Å². The summed E-state index contributed by atoms with van der Waals surface area (Å²) in [7, 11) is 0. The second-order valence-corrected chi connectivity index (χ2v) is 6.12. The predicted octanol–water partition coefficient (Wildman–Crippen LogP) is 2.87. The summed E-state index contributed by atoms with van der Waals surface area (Å²) in [5, 5.41) is 0. The van der Waals surface area contributed by atoms with E-state index in [2.05, 4.69) is 30.9 Å². The van der Waals surface area contributed by atoms with Gasteiger partial charge in [-0.1, -0.05) is 19.9 Å². The first kappa shape index (κ1) is 13.3. The minimum absolute atomic E-state index is 0.473. The lowest BCUT2D eigenvalue weighted by atomic mass is 9.85. The minimum Gasteiger partial charge on any atom is -0.357 e. The SMILES string of the molecule is Cc1nc(N2CCCC(C)(C)CC2)ccc1CN. The van der Waals surface area contributed by atoms with Gasteiger partial charge in [-0.05, 0) is 43.2 Å². The van der Waals surface area contributed by atoms with Gasteiger partial charge in [0.05, 0.1) is 0 Å². The number of hydrogen-bond donors (Lipinski definition) is 1. The molecule has 0 unspecified atom stereocenters. The van der Waals surface area contributed by atoms with Crippen LogP contribution in [0.4, 0.5) is 5.82 Å². The third-order valence-corrected chi connectivity index (χ3v) is 4.06. The fourth-order valence-corrected chi connectivity index (χ4v) is 2.62. The molecule has 18 heavy (non-hydrogen) atoms. The molecule has 2 rings (SSSR count). The Kier molecular flexibility index (Phi) is 3.91. The summed E-state index contributed by atoms with van der Waals surface area (Å²) in [4.78, 5) is 7.12. The van der Waals surface area contributed by atoms with Gasteiger partial charge in [0.2, 0.25) is 0 Å². The molecule has 0 spiro atoms. The average molecular weight is 247 g/mol. The Hall–Kier alpha value is -1.09. The van der Waals surface area contributed by atoms with Crippen molar-refractivity contribution in [2.24, 2.45) is 11.1 Å². The van der Waals surface area contributed by atoms with Crippen molar-refractivity contribution in [3.8, 4) is 0 Å². The van der Waals surface area contributed by atoms with Crippen molar-refractivity contribution in [2.45, 2.75) is 46.6 Å². The molecule has 2 heterocycles. The lowest BCUT2D eigenvalue weighted by Gasteiger charge is -2.24. The van der Waals surface area contributed by atoms with Crippen molar-refractivity contribution in [3.63, 3.8) is 0 Å². The number of hydrogen-bond acceptors (Lipinski definition) is 3. The van der Waals surface area contributed by atoms with Crippen LogP contribution in [-0.4, -0.2) is 18.1 Å². The maximum absolute atomic E-state index is 5.69. The fraction of sp³-hybridized carbons (Fsp3) is 0.667. The Labute approximate surface area is 110 Å².